The highest BCUT2D eigenvalue weighted by Gasteiger charge is 2.24. The van der Waals surface area contributed by atoms with E-state index in [-0.39, 0.29) is 23.3 Å². The number of carbonyl (C=O) groups excluding carboxylic acids is 2. The van der Waals surface area contributed by atoms with Gasteiger partial charge in [0.25, 0.3) is 11.8 Å². The summed E-state index contributed by atoms with van der Waals surface area (Å²) >= 11 is 0. The van der Waals surface area contributed by atoms with Crippen molar-refractivity contribution in [3.05, 3.63) is 113 Å². The minimum Gasteiger partial charge on any atom is -0.337 e. The van der Waals surface area contributed by atoms with E-state index in [1.807, 2.05) is 55.6 Å². The van der Waals surface area contributed by atoms with Crippen LogP contribution in [0.4, 0.5) is 4.39 Å². The molecule has 1 aromatic heterocycles. The number of piperidine rings is 1. The third kappa shape index (κ3) is 5.72. The monoisotopic (exact) mass is 508 g/mol. The molecule has 0 radical (unpaired) electrons. The molecule has 1 fully saturated rings. The maximum absolute atomic E-state index is 13.7. The van der Waals surface area contributed by atoms with Crippen LogP contribution >= 0.6 is 0 Å². The van der Waals surface area contributed by atoms with Gasteiger partial charge in [0, 0.05) is 36.0 Å². The van der Waals surface area contributed by atoms with Crippen LogP contribution in [0.2, 0.25) is 0 Å². The van der Waals surface area contributed by atoms with Gasteiger partial charge in [-0.15, -0.1) is 0 Å². The summed E-state index contributed by atoms with van der Waals surface area (Å²) in [6, 6.07) is 22.9. The van der Waals surface area contributed by atoms with Gasteiger partial charge >= 0.3 is 0 Å². The molecule has 1 saturated heterocycles. The topological polar surface area (TPSA) is 67.2 Å². The first-order valence-corrected chi connectivity index (χ1v) is 12.8. The Morgan fingerprint density at radius 1 is 0.895 bits per heavy atom. The van der Waals surface area contributed by atoms with Crippen molar-refractivity contribution in [2.24, 2.45) is 0 Å². The van der Waals surface area contributed by atoms with Gasteiger partial charge in [0.05, 0.1) is 5.69 Å². The van der Waals surface area contributed by atoms with Crippen molar-refractivity contribution in [2.45, 2.75) is 26.2 Å². The van der Waals surface area contributed by atoms with Gasteiger partial charge in [-0.05, 0) is 80.8 Å². The largest absolute Gasteiger partial charge is 0.337 e. The minimum absolute atomic E-state index is 0.174. The van der Waals surface area contributed by atoms with E-state index in [0.29, 0.717) is 35.5 Å². The van der Waals surface area contributed by atoms with Crippen molar-refractivity contribution < 1.29 is 14.0 Å². The van der Waals surface area contributed by atoms with Gasteiger partial charge in [-0.3, -0.25) is 9.59 Å². The van der Waals surface area contributed by atoms with Crippen LogP contribution in [0, 0.1) is 12.7 Å². The number of amides is 2. The fourth-order valence-corrected chi connectivity index (χ4v) is 4.51. The van der Waals surface area contributed by atoms with Crippen molar-refractivity contribution in [2.75, 3.05) is 13.1 Å². The molecular weight excluding hydrogens is 479 g/mol. The highest BCUT2D eigenvalue weighted by Crippen LogP contribution is 2.26. The summed E-state index contributed by atoms with van der Waals surface area (Å²) in [4.78, 5) is 28.6. The van der Waals surface area contributed by atoms with Crippen LogP contribution in [0.3, 0.4) is 0 Å². The molecule has 1 aliphatic heterocycles. The zero-order valence-corrected chi connectivity index (χ0v) is 21.2. The molecule has 0 saturated carbocycles. The summed E-state index contributed by atoms with van der Waals surface area (Å²) < 4.78 is 15.4. The Morgan fingerprint density at radius 3 is 2.26 bits per heavy atom. The van der Waals surface area contributed by atoms with Gasteiger partial charge in [0.15, 0.2) is 0 Å². The van der Waals surface area contributed by atoms with Crippen molar-refractivity contribution in [1.29, 1.82) is 0 Å². The van der Waals surface area contributed by atoms with E-state index >= 15 is 0 Å². The lowest BCUT2D eigenvalue weighted by Gasteiger charge is -2.27. The summed E-state index contributed by atoms with van der Waals surface area (Å²) in [6.07, 6.45) is 6.43. The number of nitrogens with one attached hydrogen (secondary N) is 1. The van der Waals surface area contributed by atoms with E-state index in [9.17, 15) is 14.0 Å². The number of aromatic nitrogens is 2. The first-order valence-electron chi connectivity index (χ1n) is 12.8. The summed E-state index contributed by atoms with van der Waals surface area (Å²) in [6.45, 7) is 3.24. The lowest BCUT2D eigenvalue weighted by Crippen LogP contribution is -2.41. The van der Waals surface area contributed by atoms with Crippen LogP contribution < -0.4 is 5.32 Å². The van der Waals surface area contributed by atoms with Crippen LogP contribution in [-0.4, -0.2) is 39.6 Å². The van der Waals surface area contributed by atoms with Crippen molar-refractivity contribution in [3.63, 3.8) is 0 Å². The Kier molecular flexibility index (Phi) is 7.45. The summed E-state index contributed by atoms with van der Waals surface area (Å²) in [5.41, 5.74) is 4.41. The first-order chi connectivity index (χ1) is 18.5. The van der Waals surface area contributed by atoms with E-state index in [4.69, 9.17) is 5.10 Å². The van der Waals surface area contributed by atoms with Crippen LogP contribution in [0.1, 0.15) is 40.7 Å². The first kappa shape index (κ1) is 25.1. The average Bonchev–Trinajstić information content (AvgIpc) is 3.37. The number of nitrogens with zero attached hydrogens (tertiary/aromatic N) is 3. The Balaban J connectivity index is 1.58. The van der Waals surface area contributed by atoms with Crippen molar-refractivity contribution >= 4 is 17.9 Å². The zero-order valence-electron chi connectivity index (χ0n) is 21.2. The highest BCUT2D eigenvalue weighted by molar-refractivity contribution is 6.05. The number of hydrogen-bond acceptors (Lipinski definition) is 3. The Morgan fingerprint density at radius 2 is 1.58 bits per heavy atom. The zero-order chi connectivity index (χ0) is 26.5. The molecule has 1 aliphatic rings. The smallest absolute Gasteiger partial charge is 0.270 e. The third-order valence-corrected chi connectivity index (χ3v) is 6.62. The van der Waals surface area contributed by atoms with Crippen LogP contribution in [0.25, 0.3) is 23.0 Å². The predicted octanol–water partition coefficient (Wildman–Crippen LogP) is 5.77. The summed E-state index contributed by atoms with van der Waals surface area (Å²) in [5.74, 6) is -0.942. The normalized spacial score (nSPS) is 13.8. The Hall–Kier alpha value is -4.52. The third-order valence-electron chi connectivity index (χ3n) is 6.62. The molecule has 6 nitrogen and oxygen atoms in total. The minimum atomic E-state index is -0.361. The highest BCUT2D eigenvalue weighted by atomic mass is 19.1. The molecule has 1 N–H and O–H groups in total. The molecular formula is C31H29FN4O2. The maximum Gasteiger partial charge on any atom is 0.270 e. The molecule has 7 heteroatoms. The number of rotatable bonds is 6. The second-order valence-corrected chi connectivity index (χ2v) is 9.45. The second kappa shape index (κ2) is 11.3. The van der Waals surface area contributed by atoms with Gasteiger partial charge in [-0.2, -0.15) is 5.10 Å². The number of aryl methyl sites for hydroxylation is 1. The van der Waals surface area contributed by atoms with Gasteiger partial charge in [-0.25, -0.2) is 9.07 Å². The molecule has 2 heterocycles. The number of likely N-dealkylation sites (tertiary alicyclic amines) is 1. The predicted molar refractivity (Wildman–Crippen MR) is 146 cm³/mol. The molecule has 2 amide bonds. The van der Waals surface area contributed by atoms with Crippen molar-refractivity contribution in [3.8, 4) is 16.9 Å². The van der Waals surface area contributed by atoms with Crippen molar-refractivity contribution in [1.82, 2.24) is 20.0 Å². The van der Waals surface area contributed by atoms with Crippen LogP contribution in [0.5, 0.6) is 0 Å². The van der Waals surface area contributed by atoms with Gasteiger partial charge in [0.2, 0.25) is 0 Å². The van der Waals surface area contributed by atoms with E-state index in [0.717, 1.165) is 30.5 Å². The van der Waals surface area contributed by atoms with Gasteiger partial charge in [-0.1, -0.05) is 35.9 Å². The molecule has 0 atom stereocenters. The maximum atomic E-state index is 13.7. The molecule has 5 rings (SSSR count). The lowest BCUT2D eigenvalue weighted by molar-refractivity contribution is -0.128. The molecule has 3 aromatic carbocycles. The number of halogens is 1. The number of carbonyl (C=O) groups is 2. The molecule has 4 aromatic rings. The molecule has 0 unspecified atom stereocenters. The second-order valence-electron chi connectivity index (χ2n) is 9.45. The summed E-state index contributed by atoms with van der Waals surface area (Å²) in [7, 11) is 0. The Labute approximate surface area is 221 Å². The SMILES string of the molecule is Cc1ccc(C(=O)NC(=Cc2cn(-c3ccccc3)nc2-c2ccc(F)cc2)C(=O)N2CCCCC2)cc1. The number of benzene rings is 3. The van der Waals surface area contributed by atoms with Crippen LogP contribution in [0.15, 0.2) is 90.8 Å². The molecule has 0 aliphatic carbocycles. The Bertz CT molecular complexity index is 1450. The standard InChI is InChI=1S/C31H29FN4O2/c1-22-10-12-24(13-11-22)30(37)33-28(31(38)35-18-6-3-7-19-35)20-25-21-36(27-8-4-2-5-9-27)34-29(25)23-14-16-26(32)17-15-23/h2,4-5,8-17,20-21H,3,6-7,18-19H2,1H3,(H,33,37). The molecule has 0 spiro atoms. The van der Waals surface area contributed by atoms with E-state index in [1.54, 1.807) is 39.9 Å². The number of hydrogen-bond donors (Lipinski definition) is 1. The molecule has 38 heavy (non-hydrogen) atoms. The number of para-hydroxylation sites is 1. The fourth-order valence-electron chi connectivity index (χ4n) is 4.51. The van der Waals surface area contributed by atoms with E-state index in [1.165, 1.54) is 12.1 Å². The van der Waals surface area contributed by atoms with E-state index < -0.39 is 0 Å². The average molecular weight is 509 g/mol. The van der Waals surface area contributed by atoms with Crippen LogP contribution in [-0.2, 0) is 4.79 Å². The summed E-state index contributed by atoms with van der Waals surface area (Å²) in [5, 5.41) is 7.63. The van der Waals surface area contributed by atoms with Gasteiger partial charge in [0.1, 0.15) is 17.2 Å². The molecule has 192 valence electrons. The lowest BCUT2D eigenvalue weighted by atomic mass is 10.1. The molecule has 0 bridgehead atoms. The fraction of sp³-hybridized carbons (Fsp3) is 0.194. The van der Waals surface area contributed by atoms with Gasteiger partial charge < -0.3 is 10.2 Å². The van der Waals surface area contributed by atoms with E-state index in [2.05, 4.69) is 5.32 Å². The quantitative estimate of drug-likeness (QED) is 0.336.